The van der Waals surface area contributed by atoms with Crippen molar-refractivity contribution in [2.75, 3.05) is 0 Å². The zero-order valence-electron chi connectivity index (χ0n) is 12.7. The Hall–Kier alpha value is -2.69. The second-order valence-corrected chi connectivity index (χ2v) is 7.18. The fourth-order valence-electron chi connectivity index (χ4n) is 2.94. The lowest BCUT2D eigenvalue weighted by molar-refractivity contribution is 0.483. The summed E-state index contributed by atoms with van der Waals surface area (Å²) in [5, 5.41) is 4.68. The molecule has 118 valence electrons. The van der Waals surface area contributed by atoms with E-state index >= 15 is 0 Å². The first-order chi connectivity index (χ1) is 11.5. The summed E-state index contributed by atoms with van der Waals surface area (Å²) in [5.41, 5.74) is 1.90. The Morgan fingerprint density at radius 3 is 1.75 bits per heavy atom. The molecule has 0 radical (unpaired) electrons. The lowest BCUT2D eigenvalue weighted by Gasteiger charge is -2.07. The van der Waals surface area contributed by atoms with E-state index in [1.54, 1.807) is 12.1 Å². The van der Waals surface area contributed by atoms with Crippen molar-refractivity contribution in [2.24, 2.45) is 0 Å². The van der Waals surface area contributed by atoms with E-state index in [-0.39, 0.29) is 4.90 Å². The Bertz CT molecular complexity index is 1160. The van der Waals surface area contributed by atoms with Crippen molar-refractivity contribution in [1.29, 1.82) is 0 Å². The van der Waals surface area contributed by atoms with Crippen LogP contribution in [0.4, 0.5) is 0 Å². The second kappa shape index (κ2) is 5.44. The normalized spacial score (nSPS) is 11.9. The molecule has 4 rings (SSSR count). The highest BCUT2D eigenvalue weighted by Crippen LogP contribution is 2.28. The lowest BCUT2D eigenvalue weighted by Crippen LogP contribution is -1.97. The maximum atomic E-state index is 11.1. The summed E-state index contributed by atoms with van der Waals surface area (Å²) in [6, 6.07) is 24.9. The minimum atomic E-state index is -4.16. The first kappa shape index (κ1) is 14.9. The quantitative estimate of drug-likeness (QED) is 0.419. The molecule has 0 aromatic heterocycles. The largest absolute Gasteiger partial charge is 0.294 e. The monoisotopic (exact) mass is 334 g/mol. The van der Waals surface area contributed by atoms with Gasteiger partial charge in [0.15, 0.2) is 0 Å². The van der Waals surface area contributed by atoms with Crippen LogP contribution in [0.25, 0.3) is 32.7 Å². The third kappa shape index (κ3) is 2.66. The van der Waals surface area contributed by atoms with Gasteiger partial charge in [-0.2, -0.15) is 8.42 Å². The van der Waals surface area contributed by atoms with Crippen molar-refractivity contribution in [1.82, 2.24) is 0 Å². The smallest absolute Gasteiger partial charge is 0.282 e. The molecule has 0 heterocycles. The minimum absolute atomic E-state index is 0.0990. The van der Waals surface area contributed by atoms with Crippen molar-refractivity contribution >= 4 is 31.7 Å². The number of benzene rings is 4. The molecule has 0 unspecified atom stereocenters. The van der Waals surface area contributed by atoms with Crippen LogP contribution in [0.5, 0.6) is 0 Å². The molecule has 0 bridgehead atoms. The van der Waals surface area contributed by atoms with Crippen LogP contribution in [-0.4, -0.2) is 13.0 Å². The molecule has 0 saturated heterocycles. The van der Waals surface area contributed by atoms with Gasteiger partial charge in [-0.3, -0.25) is 4.55 Å². The predicted octanol–water partition coefficient (Wildman–Crippen LogP) is 4.91. The van der Waals surface area contributed by atoms with Gasteiger partial charge in [-0.1, -0.05) is 48.5 Å². The van der Waals surface area contributed by atoms with Gasteiger partial charge in [0.2, 0.25) is 0 Å². The van der Waals surface area contributed by atoms with Gasteiger partial charge in [-0.05, 0) is 63.0 Å². The van der Waals surface area contributed by atoms with Gasteiger partial charge in [0.05, 0.1) is 4.90 Å². The summed E-state index contributed by atoms with van der Waals surface area (Å²) in [6.45, 7) is 0. The molecule has 4 aromatic carbocycles. The fourth-order valence-corrected chi connectivity index (χ4v) is 3.42. The molecule has 0 aliphatic heterocycles. The summed E-state index contributed by atoms with van der Waals surface area (Å²) in [6.07, 6.45) is 0. The van der Waals surface area contributed by atoms with E-state index < -0.39 is 10.1 Å². The van der Waals surface area contributed by atoms with Crippen molar-refractivity contribution in [3.05, 3.63) is 78.9 Å². The van der Waals surface area contributed by atoms with Gasteiger partial charge < -0.3 is 0 Å². The lowest BCUT2D eigenvalue weighted by atomic mass is 9.99. The van der Waals surface area contributed by atoms with Gasteiger partial charge >= 0.3 is 0 Å². The van der Waals surface area contributed by atoms with E-state index in [0.29, 0.717) is 0 Å². The van der Waals surface area contributed by atoms with E-state index in [0.717, 1.165) is 21.9 Å². The maximum Gasteiger partial charge on any atom is 0.294 e. The van der Waals surface area contributed by atoms with Crippen LogP contribution in [0.2, 0.25) is 0 Å². The van der Waals surface area contributed by atoms with Crippen molar-refractivity contribution < 1.29 is 13.0 Å². The summed E-state index contributed by atoms with van der Waals surface area (Å²) in [5.74, 6) is 0. The zero-order valence-corrected chi connectivity index (χ0v) is 13.5. The molecule has 1 N–H and O–H groups in total. The fraction of sp³-hybridized carbons (Fsp3) is 0. The van der Waals surface area contributed by atoms with Crippen LogP contribution in [0.3, 0.4) is 0 Å². The summed E-state index contributed by atoms with van der Waals surface area (Å²) in [7, 11) is -4.16. The SMILES string of the molecule is O=S(=O)(O)c1ccc(-c2ccc3cc4ccccc4cc3c2)cc1. The molecule has 0 aliphatic rings. The van der Waals surface area contributed by atoms with Crippen molar-refractivity contribution in [2.45, 2.75) is 4.90 Å². The average Bonchev–Trinajstić information content (AvgIpc) is 2.59. The highest BCUT2D eigenvalue weighted by Gasteiger charge is 2.09. The van der Waals surface area contributed by atoms with Gasteiger partial charge in [0.25, 0.3) is 10.1 Å². The van der Waals surface area contributed by atoms with Crippen LogP contribution < -0.4 is 0 Å². The highest BCUT2D eigenvalue weighted by molar-refractivity contribution is 7.85. The molecule has 0 aliphatic carbocycles. The highest BCUT2D eigenvalue weighted by atomic mass is 32.2. The average molecular weight is 334 g/mol. The van der Waals surface area contributed by atoms with Gasteiger partial charge in [0.1, 0.15) is 0 Å². The van der Waals surface area contributed by atoms with Gasteiger partial charge in [-0.25, -0.2) is 0 Å². The Balaban J connectivity index is 1.83. The number of hydrogen-bond acceptors (Lipinski definition) is 2. The predicted molar refractivity (Wildman–Crippen MR) is 96.7 cm³/mol. The first-order valence-corrected chi connectivity index (χ1v) is 8.95. The molecule has 0 atom stereocenters. The number of rotatable bonds is 2. The molecule has 24 heavy (non-hydrogen) atoms. The molecule has 0 spiro atoms. The van der Waals surface area contributed by atoms with Crippen LogP contribution in [-0.2, 0) is 10.1 Å². The summed E-state index contributed by atoms with van der Waals surface area (Å²) >= 11 is 0. The molecular weight excluding hydrogens is 320 g/mol. The van der Waals surface area contributed by atoms with Gasteiger partial charge in [0, 0.05) is 0 Å². The van der Waals surface area contributed by atoms with Crippen LogP contribution >= 0.6 is 0 Å². The molecule has 0 fully saturated rings. The standard InChI is InChI=1S/C20H14O3S/c21-24(22,23)20-9-7-14(8-10-20)17-5-6-18-11-15-3-1-2-4-16(15)12-19(18)13-17/h1-13H,(H,21,22,23). The molecule has 3 nitrogen and oxygen atoms in total. The summed E-state index contributed by atoms with van der Waals surface area (Å²) in [4.78, 5) is -0.0990. The Morgan fingerprint density at radius 1 is 0.583 bits per heavy atom. The molecule has 4 heteroatoms. The van der Waals surface area contributed by atoms with Gasteiger partial charge in [-0.15, -0.1) is 0 Å². The van der Waals surface area contributed by atoms with E-state index in [1.807, 2.05) is 18.2 Å². The Morgan fingerprint density at radius 2 is 1.12 bits per heavy atom. The molecule has 0 saturated carbocycles. The number of fused-ring (bicyclic) bond motifs is 2. The minimum Gasteiger partial charge on any atom is -0.282 e. The van der Waals surface area contributed by atoms with Crippen LogP contribution in [0.1, 0.15) is 0 Å². The molecule has 4 aromatic rings. The third-order valence-corrected chi connectivity index (χ3v) is 5.06. The van der Waals surface area contributed by atoms with Crippen LogP contribution in [0, 0.1) is 0 Å². The van der Waals surface area contributed by atoms with E-state index in [2.05, 4.69) is 36.4 Å². The maximum absolute atomic E-state index is 11.1. The number of hydrogen-bond donors (Lipinski definition) is 1. The molecule has 0 amide bonds. The Kier molecular flexibility index (Phi) is 3.37. The topological polar surface area (TPSA) is 54.4 Å². The first-order valence-electron chi connectivity index (χ1n) is 7.51. The van der Waals surface area contributed by atoms with Crippen molar-refractivity contribution in [3.8, 4) is 11.1 Å². The second-order valence-electron chi connectivity index (χ2n) is 5.76. The van der Waals surface area contributed by atoms with E-state index in [1.165, 1.54) is 22.9 Å². The van der Waals surface area contributed by atoms with E-state index in [9.17, 15) is 8.42 Å². The van der Waals surface area contributed by atoms with Crippen LogP contribution in [0.15, 0.2) is 83.8 Å². The summed E-state index contributed by atoms with van der Waals surface area (Å²) < 4.78 is 31.3. The zero-order chi connectivity index (χ0) is 16.7. The van der Waals surface area contributed by atoms with Crippen molar-refractivity contribution in [3.63, 3.8) is 0 Å². The Labute approximate surface area is 139 Å². The molecular formula is C20H14O3S. The third-order valence-electron chi connectivity index (χ3n) is 4.19. The van der Waals surface area contributed by atoms with E-state index in [4.69, 9.17) is 4.55 Å².